The van der Waals surface area contributed by atoms with Crippen molar-refractivity contribution in [3.05, 3.63) is 71.0 Å². The van der Waals surface area contributed by atoms with Crippen LogP contribution in [0.5, 0.6) is 5.88 Å². The normalized spacial score (nSPS) is 26.3. The Morgan fingerprint density at radius 1 is 1.26 bits per heavy atom. The quantitative estimate of drug-likeness (QED) is 0.706. The summed E-state index contributed by atoms with van der Waals surface area (Å²) in [7, 11) is 0. The fourth-order valence-electron chi connectivity index (χ4n) is 4.43. The van der Waals surface area contributed by atoms with Crippen LogP contribution in [0.2, 0.25) is 0 Å². The maximum atomic E-state index is 13.6. The van der Waals surface area contributed by atoms with E-state index < -0.39 is 5.41 Å². The van der Waals surface area contributed by atoms with Crippen molar-refractivity contribution < 1.29 is 14.1 Å². The lowest BCUT2D eigenvalue weighted by Crippen LogP contribution is -2.44. The van der Waals surface area contributed by atoms with Crippen LogP contribution in [0.25, 0.3) is 0 Å². The highest BCUT2D eigenvalue weighted by atomic mass is 16.5. The summed E-state index contributed by atoms with van der Waals surface area (Å²) in [4.78, 5) is 13.6. The van der Waals surface area contributed by atoms with Gasteiger partial charge < -0.3 is 9.26 Å². The second-order valence-corrected chi connectivity index (χ2v) is 7.69. The van der Waals surface area contributed by atoms with Gasteiger partial charge in [-0.15, -0.1) is 0 Å². The SMILES string of the molecule is CCCC1c2onc(OCc3ccccc3)c2C(=O)C2(C)C(C)=CC=CC12. The minimum absolute atomic E-state index is 0.0530. The fraction of sp³-hybridized carbons (Fsp3) is 0.391. The van der Waals surface area contributed by atoms with E-state index in [-0.39, 0.29) is 17.6 Å². The van der Waals surface area contributed by atoms with Crippen LogP contribution in [0.4, 0.5) is 0 Å². The van der Waals surface area contributed by atoms with Gasteiger partial charge in [0.1, 0.15) is 12.2 Å². The van der Waals surface area contributed by atoms with Crippen LogP contribution in [0.3, 0.4) is 0 Å². The molecular formula is C23H25NO3. The Bertz CT molecular complexity index is 909. The van der Waals surface area contributed by atoms with E-state index in [1.165, 1.54) is 0 Å². The Labute approximate surface area is 159 Å². The predicted octanol–water partition coefficient (Wildman–Crippen LogP) is 5.47. The van der Waals surface area contributed by atoms with E-state index in [1.54, 1.807) is 0 Å². The summed E-state index contributed by atoms with van der Waals surface area (Å²) >= 11 is 0. The van der Waals surface area contributed by atoms with Gasteiger partial charge in [-0.2, -0.15) is 0 Å². The Balaban J connectivity index is 1.74. The molecule has 2 aliphatic rings. The van der Waals surface area contributed by atoms with Crippen molar-refractivity contribution in [2.75, 3.05) is 0 Å². The number of nitrogens with zero attached hydrogens (tertiary/aromatic N) is 1. The molecule has 27 heavy (non-hydrogen) atoms. The van der Waals surface area contributed by atoms with E-state index in [0.717, 1.165) is 24.0 Å². The van der Waals surface area contributed by atoms with E-state index in [0.29, 0.717) is 23.8 Å². The maximum Gasteiger partial charge on any atom is 0.265 e. The molecule has 1 aromatic heterocycles. The van der Waals surface area contributed by atoms with Crippen molar-refractivity contribution in [2.45, 2.75) is 46.1 Å². The molecule has 0 aliphatic heterocycles. The second kappa shape index (κ2) is 6.84. The summed E-state index contributed by atoms with van der Waals surface area (Å²) in [5.41, 5.74) is 2.08. The van der Waals surface area contributed by atoms with E-state index in [4.69, 9.17) is 9.26 Å². The lowest BCUT2D eigenvalue weighted by molar-refractivity contribution is 0.0727. The first-order chi connectivity index (χ1) is 13.1. The summed E-state index contributed by atoms with van der Waals surface area (Å²) in [6, 6.07) is 9.88. The number of ether oxygens (including phenoxy) is 1. The van der Waals surface area contributed by atoms with Gasteiger partial charge in [-0.25, -0.2) is 0 Å². The standard InChI is InChI=1S/C23H25NO3/c1-4-9-17-18-13-8-10-15(2)23(18,3)21(25)19-20(17)27-24-22(19)26-14-16-11-6-5-7-12-16/h5-8,10-13,17-18H,4,9,14H2,1-3H3. The third-order valence-electron chi connectivity index (χ3n) is 6.12. The van der Waals surface area contributed by atoms with Crippen LogP contribution in [0, 0.1) is 11.3 Å². The molecule has 0 N–H and O–H groups in total. The zero-order valence-corrected chi connectivity index (χ0v) is 16.1. The lowest BCUT2D eigenvalue weighted by atomic mass is 9.56. The molecule has 1 aromatic carbocycles. The highest BCUT2D eigenvalue weighted by molar-refractivity contribution is 6.06. The number of carbonyl (C=O) groups excluding carboxylic acids is 1. The summed E-state index contributed by atoms with van der Waals surface area (Å²) in [5.74, 6) is 1.29. The minimum Gasteiger partial charge on any atom is -0.470 e. The number of allylic oxidation sites excluding steroid dienone is 4. The van der Waals surface area contributed by atoms with Crippen molar-refractivity contribution in [3.8, 4) is 5.88 Å². The Hall–Kier alpha value is -2.62. The Morgan fingerprint density at radius 2 is 2.04 bits per heavy atom. The maximum absolute atomic E-state index is 13.6. The van der Waals surface area contributed by atoms with Gasteiger partial charge in [0.2, 0.25) is 0 Å². The van der Waals surface area contributed by atoms with Crippen molar-refractivity contribution in [2.24, 2.45) is 11.3 Å². The van der Waals surface area contributed by atoms with Gasteiger partial charge in [-0.05, 0) is 31.0 Å². The number of Topliss-reactive ketones (excluding diaryl/α,β-unsaturated/α-hetero) is 1. The number of carbonyl (C=O) groups is 1. The Kier molecular flexibility index (Phi) is 4.50. The van der Waals surface area contributed by atoms with Gasteiger partial charge in [-0.3, -0.25) is 4.79 Å². The summed E-state index contributed by atoms with van der Waals surface area (Å²) in [6.45, 7) is 6.61. The first kappa shape index (κ1) is 17.8. The number of rotatable bonds is 5. The average molecular weight is 363 g/mol. The molecule has 4 heteroatoms. The third kappa shape index (κ3) is 2.75. The van der Waals surface area contributed by atoms with E-state index in [1.807, 2.05) is 43.3 Å². The summed E-state index contributed by atoms with van der Waals surface area (Å²) in [5, 5.41) is 4.15. The molecule has 2 aromatic rings. The molecule has 140 valence electrons. The van der Waals surface area contributed by atoms with Crippen LogP contribution in [-0.4, -0.2) is 10.9 Å². The van der Waals surface area contributed by atoms with E-state index >= 15 is 0 Å². The Morgan fingerprint density at radius 3 is 2.78 bits per heavy atom. The molecule has 0 bridgehead atoms. The summed E-state index contributed by atoms with van der Waals surface area (Å²) in [6.07, 6.45) is 8.22. The number of hydrogen-bond donors (Lipinski definition) is 0. The summed E-state index contributed by atoms with van der Waals surface area (Å²) < 4.78 is 11.6. The molecule has 0 fully saturated rings. The first-order valence-corrected chi connectivity index (χ1v) is 9.64. The number of ketones is 1. The molecule has 0 saturated carbocycles. The van der Waals surface area contributed by atoms with Crippen molar-refractivity contribution in [1.29, 1.82) is 0 Å². The van der Waals surface area contributed by atoms with Gasteiger partial charge in [-0.1, -0.05) is 67.5 Å². The van der Waals surface area contributed by atoms with Gasteiger partial charge in [0.15, 0.2) is 11.5 Å². The molecule has 3 unspecified atom stereocenters. The molecule has 2 aliphatic carbocycles. The highest BCUT2D eigenvalue weighted by Crippen LogP contribution is 2.55. The van der Waals surface area contributed by atoms with Gasteiger partial charge in [0, 0.05) is 11.8 Å². The first-order valence-electron chi connectivity index (χ1n) is 9.64. The van der Waals surface area contributed by atoms with Crippen LogP contribution in [-0.2, 0) is 6.61 Å². The molecule has 0 amide bonds. The monoisotopic (exact) mass is 363 g/mol. The topological polar surface area (TPSA) is 52.3 Å². The van der Waals surface area contributed by atoms with Crippen molar-refractivity contribution >= 4 is 5.78 Å². The molecule has 0 spiro atoms. The van der Waals surface area contributed by atoms with Crippen LogP contribution in [0.1, 0.15) is 61.2 Å². The third-order valence-corrected chi connectivity index (χ3v) is 6.12. The number of hydrogen-bond acceptors (Lipinski definition) is 4. The van der Waals surface area contributed by atoms with Crippen LogP contribution < -0.4 is 4.74 Å². The predicted molar refractivity (Wildman–Crippen MR) is 104 cm³/mol. The van der Waals surface area contributed by atoms with Crippen molar-refractivity contribution in [3.63, 3.8) is 0 Å². The molecule has 0 radical (unpaired) electrons. The van der Waals surface area contributed by atoms with Crippen LogP contribution >= 0.6 is 0 Å². The molecule has 3 atom stereocenters. The van der Waals surface area contributed by atoms with Gasteiger partial charge in [0.05, 0.1) is 5.41 Å². The number of fused-ring (bicyclic) bond motifs is 2. The lowest BCUT2D eigenvalue weighted by Gasteiger charge is -2.44. The highest BCUT2D eigenvalue weighted by Gasteiger charge is 2.54. The fourth-order valence-corrected chi connectivity index (χ4v) is 4.43. The minimum atomic E-state index is -0.571. The zero-order valence-electron chi connectivity index (χ0n) is 16.1. The van der Waals surface area contributed by atoms with E-state index in [9.17, 15) is 4.79 Å². The molecule has 4 rings (SSSR count). The van der Waals surface area contributed by atoms with Gasteiger partial charge in [0.25, 0.3) is 5.88 Å². The van der Waals surface area contributed by atoms with E-state index in [2.05, 4.69) is 31.2 Å². The molecule has 0 saturated heterocycles. The number of benzene rings is 1. The molecule has 1 heterocycles. The van der Waals surface area contributed by atoms with Crippen LogP contribution in [0.15, 0.2) is 58.7 Å². The average Bonchev–Trinajstić information content (AvgIpc) is 3.10. The molecular weight excluding hydrogens is 338 g/mol. The largest absolute Gasteiger partial charge is 0.470 e. The second-order valence-electron chi connectivity index (χ2n) is 7.69. The van der Waals surface area contributed by atoms with Gasteiger partial charge >= 0.3 is 0 Å². The zero-order chi connectivity index (χ0) is 19.0. The number of aromatic nitrogens is 1. The smallest absolute Gasteiger partial charge is 0.265 e. The van der Waals surface area contributed by atoms with Crippen molar-refractivity contribution in [1.82, 2.24) is 5.16 Å². The molecule has 4 nitrogen and oxygen atoms in total.